The Morgan fingerprint density at radius 2 is 1.87 bits per heavy atom. The second-order valence-electron chi connectivity index (χ2n) is 7.89. The van der Waals surface area contributed by atoms with Gasteiger partial charge in [0.25, 0.3) is 5.91 Å². The highest BCUT2D eigenvalue weighted by molar-refractivity contribution is 7.09. The van der Waals surface area contributed by atoms with Crippen LogP contribution in [0, 0.1) is 6.92 Å². The van der Waals surface area contributed by atoms with E-state index >= 15 is 0 Å². The molecule has 4 rings (SSSR count). The van der Waals surface area contributed by atoms with Crippen molar-refractivity contribution < 1.29 is 9.53 Å². The number of thiazole rings is 1. The molecule has 1 aliphatic rings. The highest BCUT2D eigenvalue weighted by Crippen LogP contribution is 2.25. The maximum absolute atomic E-state index is 13.1. The second kappa shape index (κ2) is 9.60. The van der Waals surface area contributed by atoms with Crippen LogP contribution in [0.3, 0.4) is 0 Å². The van der Waals surface area contributed by atoms with Crippen LogP contribution >= 0.6 is 11.3 Å². The largest absolute Gasteiger partial charge is 0.497 e. The standard InChI is InChI=1S/C24H28N4O2S/c1-17-25-23(16-31-17)18-4-6-20(7-5-18)26-24(29)22-9-8-21(30-3)14-19(22)15-28-12-10-27(2)11-13-28/h4-9,14,16H,10-13,15H2,1-3H3,(H,26,29). The first-order valence-electron chi connectivity index (χ1n) is 10.4. The number of hydrogen-bond acceptors (Lipinski definition) is 6. The van der Waals surface area contributed by atoms with Crippen molar-refractivity contribution >= 4 is 22.9 Å². The summed E-state index contributed by atoms with van der Waals surface area (Å²) in [6.45, 7) is 6.79. The van der Waals surface area contributed by atoms with Crippen LogP contribution in [0.15, 0.2) is 47.8 Å². The van der Waals surface area contributed by atoms with Crippen LogP contribution in [0.1, 0.15) is 20.9 Å². The molecule has 1 N–H and O–H groups in total. The third-order valence-electron chi connectivity index (χ3n) is 5.60. The molecule has 2 aromatic carbocycles. The highest BCUT2D eigenvalue weighted by atomic mass is 32.1. The fourth-order valence-electron chi connectivity index (χ4n) is 3.72. The molecule has 0 unspecified atom stereocenters. The minimum Gasteiger partial charge on any atom is -0.497 e. The molecular formula is C24H28N4O2S. The van der Waals surface area contributed by atoms with Crippen LogP contribution in [0.25, 0.3) is 11.3 Å². The Hall–Kier alpha value is -2.74. The van der Waals surface area contributed by atoms with E-state index in [1.807, 2.05) is 54.8 Å². The zero-order chi connectivity index (χ0) is 21.8. The number of ether oxygens (including phenoxy) is 1. The number of hydrogen-bond donors (Lipinski definition) is 1. The van der Waals surface area contributed by atoms with E-state index in [0.29, 0.717) is 5.56 Å². The lowest BCUT2D eigenvalue weighted by molar-refractivity contribution is 0.102. The average molecular weight is 437 g/mol. The smallest absolute Gasteiger partial charge is 0.255 e. The van der Waals surface area contributed by atoms with Crippen molar-refractivity contribution in [1.29, 1.82) is 0 Å². The summed E-state index contributed by atoms with van der Waals surface area (Å²) < 4.78 is 5.41. The van der Waals surface area contributed by atoms with Crippen LogP contribution in [0.4, 0.5) is 5.69 Å². The van der Waals surface area contributed by atoms with E-state index in [1.54, 1.807) is 18.4 Å². The predicted molar refractivity (Wildman–Crippen MR) is 126 cm³/mol. The molecule has 7 heteroatoms. The molecular weight excluding hydrogens is 408 g/mol. The summed E-state index contributed by atoms with van der Waals surface area (Å²) in [5.41, 5.74) is 4.43. The first-order chi connectivity index (χ1) is 15.0. The molecule has 2 heterocycles. The second-order valence-corrected chi connectivity index (χ2v) is 8.95. The Kier molecular flexibility index (Phi) is 6.65. The van der Waals surface area contributed by atoms with E-state index in [4.69, 9.17) is 4.74 Å². The third kappa shape index (κ3) is 5.31. The number of aryl methyl sites for hydroxylation is 1. The SMILES string of the molecule is COc1ccc(C(=O)Nc2ccc(-c3csc(C)n3)cc2)c(CN2CCN(C)CC2)c1. The van der Waals surface area contributed by atoms with Crippen LogP contribution in [-0.4, -0.2) is 61.0 Å². The number of amides is 1. The molecule has 162 valence electrons. The highest BCUT2D eigenvalue weighted by Gasteiger charge is 2.19. The van der Waals surface area contributed by atoms with Gasteiger partial charge in [-0.1, -0.05) is 12.1 Å². The summed E-state index contributed by atoms with van der Waals surface area (Å²) >= 11 is 1.63. The minimum atomic E-state index is -0.107. The van der Waals surface area contributed by atoms with Gasteiger partial charge >= 0.3 is 0 Å². The zero-order valence-electron chi connectivity index (χ0n) is 18.2. The van der Waals surface area contributed by atoms with Gasteiger partial charge in [-0.05, 0) is 49.9 Å². The van der Waals surface area contributed by atoms with Gasteiger partial charge in [0, 0.05) is 54.9 Å². The molecule has 0 radical (unpaired) electrons. The van der Waals surface area contributed by atoms with E-state index in [1.165, 1.54) is 0 Å². The summed E-state index contributed by atoms with van der Waals surface area (Å²) in [4.78, 5) is 22.3. The summed E-state index contributed by atoms with van der Waals surface area (Å²) in [7, 11) is 3.79. The van der Waals surface area contributed by atoms with Crippen molar-refractivity contribution in [1.82, 2.24) is 14.8 Å². The summed E-state index contributed by atoms with van der Waals surface area (Å²) in [5.74, 6) is 0.660. The van der Waals surface area contributed by atoms with Crippen molar-refractivity contribution in [3.63, 3.8) is 0 Å². The van der Waals surface area contributed by atoms with Crippen molar-refractivity contribution in [3.05, 3.63) is 64.0 Å². The van der Waals surface area contributed by atoms with Gasteiger partial charge in [-0.25, -0.2) is 4.98 Å². The summed E-state index contributed by atoms with van der Waals surface area (Å²) in [6.07, 6.45) is 0. The van der Waals surface area contributed by atoms with Crippen molar-refractivity contribution in [2.24, 2.45) is 0 Å². The van der Waals surface area contributed by atoms with E-state index in [0.717, 1.165) is 66.0 Å². The van der Waals surface area contributed by atoms with Gasteiger partial charge in [0.15, 0.2) is 0 Å². The first-order valence-corrected chi connectivity index (χ1v) is 11.3. The zero-order valence-corrected chi connectivity index (χ0v) is 19.0. The maximum Gasteiger partial charge on any atom is 0.255 e. The molecule has 31 heavy (non-hydrogen) atoms. The number of benzene rings is 2. The van der Waals surface area contributed by atoms with Crippen LogP contribution in [0.5, 0.6) is 5.75 Å². The number of nitrogens with zero attached hydrogens (tertiary/aromatic N) is 3. The van der Waals surface area contributed by atoms with E-state index in [2.05, 4.69) is 27.1 Å². The lowest BCUT2D eigenvalue weighted by Gasteiger charge is -2.32. The Bertz CT molecular complexity index is 1040. The number of carbonyl (C=O) groups excluding carboxylic acids is 1. The van der Waals surface area contributed by atoms with Gasteiger partial charge in [-0.15, -0.1) is 11.3 Å². The van der Waals surface area contributed by atoms with Gasteiger partial charge in [0.05, 0.1) is 17.8 Å². The van der Waals surface area contributed by atoms with Gasteiger partial charge in [0.2, 0.25) is 0 Å². The number of carbonyl (C=O) groups is 1. The normalized spacial score (nSPS) is 15.1. The van der Waals surface area contributed by atoms with Gasteiger partial charge in [-0.3, -0.25) is 9.69 Å². The number of anilines is 1. The summed E-state index contributed by atoms with van der Waals surface area (Å²) in [6, 6.07) is 13.5. The first kappa shape index (κ1) is 21.5. The van der Waals surface area contributed by atoms with E-state index in [9.17, 15) is 4.79 Å². The monoisotopic (exact) mass is 436 g/mol. The fraction of sp³-hybridized carbons (Fsp3) is 0.333. The quantitative estimate of drug-likeness (QED) is 0.630. The van der Waals surface area contributed by atoms with E-state index < -0.39 is 0 Å². The molecule has 3 aromatic rings. The molecule has 1 aromatic heterocycles. The molecule has 1 aliphatic heterocycles. The lowest BCUT2D eigenvalue weighted by Crippen LogP contribution is -2.44. The Morgan fingerprint density at radius 1 is 1.13 bits per heavy atom. The van der Waals surface area contributed by atoms with E-state index in [-0.39, 0.29) is 5.91 Å². The van der Waals surface area contributed by atoms with Crippen molar-refractivity contribution in [2.75, 3.05) is 45.7 Å². The van der Waals surface area contributed by atoms with Gasteiger partial charge in [0.1, 0.15) is 5.75 Å². The number of nitrogens with one attached hydrogen (secondary N) is 1. The van der Waals surface area contributed by atoms with Crippen molar-refractivity contribution in [2.45, 2.75) is 13.5 Å². The molecule has 6 nitrogen and oxygen atoms in total. The average Bonchev–Trinajstić information content (AvgIpc) is 3.22. The van der Waals surface area contributed by atoms with Gasteiger partial charge in [-0.2, -0.15) is 0 Å². The number of methoxy groups -OCH3 is 1. The molecule has 1 saturated heterocycles. The number of aromatic nitrogens is 1. The Morgan fingerprint density at radius 3 is 2.52 bits per heavy atom. The predicted octanol–water partition coefficient (Wildman–Crippen LogP) is 4.13. The van der Waals surface area contributed by atoms with Crippen LogP contribution in [-0.2, 0) is 6.54 Å². The molecule has 0 aliphatic carbocycles. The fourth-order valence-corrected chi connectivity index (χ4v) is 4.34. The number of rotatable bonds is 6. The molecule has 0 saturated carbocycles. The Labute approximate surface area is 187 Å². The molecule has 0 bridgehead atoms. The van der Waals surface area contributed by atoms with Crippen LogP contribution in [0.2, 0.25) is 0 Å². The van der Waals surface area contributed by atoms with Crippen LogP contribution < -0.4 is 10.1 Å². The third-order valence-corrected chi connectivity index (χ3v) is 6.38. The number of piperazine rings is 1. The topological polar surface area (TPSA) is 57.7 Å². The Balaban J connectivity index is 1.49. The molecule has 0 spiro atoms. The molecule has 0 atom stereocenters. The summed E-state index contributed by atoms with van der Waals surface area (Å²) in [5, 5.41) is 6.13. The minimum absolute atomic E-state index is 0.107. The molecule has 1 fully saturated rings. The molecule has 1 amide bonds. The van der Waals surface area contributed by atoms with Crippen molar-refractivity contribution in [3.8, 4) is 17.0 Å². The lowest BCUT2D eigenvalue weighted by atomic mass is 10.0. The van der Waals surface area contributed by atoms with Gasteiger partial charge < -0.3 is 15.0 Å². The maximum atomic E-state index is 13.1. The number of likely N-dealkylation sites (N-methyl/N-ethyl adjacent to an activating group) is 1.